The second kappa shape index (κ2) is 5.83. The van der Waals surface area contributed by atoms with Crippen molar-refractivity contribution >= 4 is 11.5 Å². The van der Waals surface area contributed by atoms with Crippen molar-refractivity contribution in [3.8, 4) is 10.8 Å². The van der Waals surface area contributed by atoms with Gasteiger partial charge in [0.1, 0.15) is 4.88 Å². The zero-order valence-electron chi connectivity index (χ0n) is 9.88. The molecule has 0 radical (unpaired) electrons. The predicted molar refractivity (Wildman–Crippen MR) is 64.7 cm³/mol. The predicted octanol–water partition coefficient (Wildman–Crippen LogP) is 1.52. The van der Waals surface area contributed by atoms with Crippen LogP contribution in [0.2, 0.25) is 0 Å². The Bertz CT molecular complexity index is 439. The summed E-state index contributed by atoms with van der Waals surface area (Å²) in [6.45, 7) is 5.21. The van der Waals surface area contributed by atoms with Gasteiger partial charge in [0.25, 0.3) is 5.89 Å². The second-order valence-corrected chi connectivity index (χ2v) is 4.78. The van der Waals surface area contributed by atoms with Crippen LogP contribution in [0.3, 0.4) is 0 Å². The molecule has 0 saturated heterocycles. The van der Waals surface area contributed by atoms with Crippen LogP contribution in [0.4, 0.5) is 0 Å². The second-order valence-electron chi connectivity index (χ2n) is 4.00. The Kier molecular flexibility index (Phi) is 4.16. The third-order valence-corrected chi connectivity index (χ3v) is 2.81. The lowest BCUT2D eigenvalue weighted by molar-refractivity contribution is 0.484. The molecule has 6 nitrogen and oxygen atoms in total. The first-order valence-corrected chi connectivity index (χ1v) is 6.36. The maximum Gasteiger partial charge on any atom is 0.261 e. The summed E-state index contributed by atoms with van der Waals surface area (Å²) in [4.78, 5) is 0.809. The summed E-state index contributed by atoms with van der Waals surface area (Å²) in [6.07, 6.45) is 3.40. The maximum atomic E-state index is 5.52. The molecule has 0 fully saturated rings. The first kappa shape index (κ1) is 12.1. The Hall–Kier alpha value is -1.34. The molecule has 0 aromatic carbocycles. The standard InChI is InChI=1S/C10H15N5OS/c1-7(2)11-5-3-4-9-13-14-10(16-9)8-6-12-15-17-8/h6-7,11H,3-5H2,1-2H3. The van der Waals surface area contributed by atoms with Crippen LogP contribution in [0.1, 0.15) is 26.2 Å². The summed E-state index contributed by atoms with van der Waals surface area (Å²) in [5, 5.41) is 15.0. The molecular weight excluding hydrogens is 238 g/mol. The fourth-order valence-electron chi connectivity index (χ4n) is 1.35. The highest BCUT2D eigenvalue weighted by Crippen LogP contribution is 2.19. The van der Waals surface area contributed by atoms with Gasteiger partial charge in [-0.3, -0.25) is 0 Å². The summed E-state index contributed by atoms with van der Waals surface area (Å²) in [5.74, 6) is 1.17. The highest BCUT2D eigenvalue weighted by atomic mass is 32.1. The van der Waals surface area contributed by atoms with Gasteiger partial charge in [-0.1, -0.05) is 18.3 Å². The molecule has 2 heterocycles. The first-order valence-electron chi connectivity index (χ1n) is 5.59. The smallest absolute Gasteiger partial charge is 0.261 e. The van der Waals surface area contributed by atoms with E-state index in [-0.39, 0.29) is 0 Å². The number of aromatic nitrogens is 4. The van der Waals surface area contributed by atoms with E-state index in [4.69, 9.17) is 4.42 Å². The van der Waals surface area contributed by atoms with Gasteiger partial charge in [0.15, 0.2) is 0 Å². The number of aryl methyl sites for hydroxylation is 1. The van der Waals surface area contributed by atoms with Crippen molar-refractivity contribution in [3.05, 3.63) is 12.1 Å². The molecule has 7 heteroatoms. The quantitative estimate of drug-likeness (QED) is 0.786. The summed E-state index contributed by atoms with van der Waals surface area (Å²) in [5.41, 5.74) is 0. The minimum Gasteiger partial charge on any atom is -0.420 e. The number of hydrogen-bond donors (Lipinski definition) is 1. The van der Waals surface area contributed by atoms with Crippen LogP contribution in [-0.4, -0.2) is 32.4 Å². The van der Waals surface area contributed by atoms with Crippen molar-refractivity contribution in [2.45, 2.75) is 32.7 Å². The van der Waals surface area contributed by atoms with Crippen molar-refractivity contribution in [1.82, 2.24) is 25.1 Å². The zero-order valence-corrected chi connectivity index (χ0v) is 10.7. The fraction of sp³-hybridized carbons (Fsp3) is 0.600. The Morgan fingerprint density at radius 1 is 1.41 bits per heavy atom. The molecule has 0 aliphatic carbocycles. The Balaban J connectivity index is 1.83. The Morgan fingerprint density at radius 2 is 2.29 bits per heavy atom. The van der Waals surface area contributed by atoms with E-state index in [9.17, 15) is 0 Å². The summed E-state index contributed by atoms with van der Waals surface area (Å²) in [7, 11) is 0. The molecule has 0 atom stereocenters. The van der Waals surface area contributed by atoms with Gasteiger partial charge >= 0.3 is 0 Å². The zero-order chi connectivity index (χ0) is 12.1. The molecule has 2 aromatic rings. The third-order valence-electron chi connectivity index (χ3n) is 2.16. The van der Waals surface area contributed by atoms with Crippen molar-refractivity contribution in [1.29, 1.82) is 0 Å². The van der Waals surface area contributed by atoms with Crippen molar-refractivity contribution in [3.63, 3.8) is 0 Å². The third kappa shape index (κ3) is 3.57. The van der Waals surface area contributed by atoms with Crippen LogP contribution >= 0.6 is 11.5 Å². The average molecular weight is 253 g/mol. The van der Waals surface area contributed by atoms with Gasteiger partial charge in [-0.2, -0.15) is 0 Å². The summed E-state index contributed by atoms with van der Waals surface area (Å²) in [6, 6.07) is 0.511. The van der Waals surface area contributed by atoms with Gasteiger partial charge in [-0.25, -0.2) is 0 Å². The number of rotatable bonds is 6. The molecular formula is C10H15N5OS. The van der Waals surface area contributed by atoms with Gasteiger partial charge in [0.05, 0.1) is 6.20 Å². The first-order chi connectivity index (χ1) is 8.25. The van der Waals surface area contributed by atoms with Crippen molar-refractivity contribution in [2.75, 3.05) is 6.54 Å². The van der Waals surface area contributed by atoms with Gasteiger partial charge in [0.2, 0.25) is 5.89 Å². The van der Waals surface area contributed by atoms with Crippen LogP contribution in [0.15, 0.2) is 10.6 Å². The molecule has 0 amide bonds. The highest BCUT2D eigenvalue weighted by molar-refractivity contribution is 7.09. The van der Waals surface area contributed by atoms with E-state index >= 15 is 0 Å². The average Bonchev–Trinajstić information content (AvgIpc) is 2.94. The number of nitrogens with one attached hydrogen (secondary N) is 1. The fourth-order valence-corrected chi connectivity index (χ4v) is 1.78. The van der Waals surface area contributed by atoms with E-state index in [0.29, 0.717) is 17.8 Å². The van der Waals surface area contributed by atoms with Crippen LogP contribution in [0.5, 0.6) is 0 Å². The van der Waals surface area contributed by atoms with E-state index in [2.05, 4.69) is 38.9 Å². The molecule has 17 heavy (non-hydrogen) atoms. The van der Waals surface area contributed by atoms with Crippen LogP contribution in [0.25, 0.3) is 10.8 Å². The monoisotopic (exact) mass is 253 g/mol. The molecule has 0 unspecified atom stereocenters. The molecule has 0 spiro atoms. The van der Waals surface area contributed by atoms with E-state index in [1.165, 1.54) is 11.5 Å². The van der Waals surface area contributed by atoms with E-state index < -0.39 is 0 Å². The molecule has 2 rings (SSSR count). The van der Waals surface area contributed by atoms with Gasteiger partial charge in [-0.15, -0.1) is 15.3 Å². The summed E-state index contributed by atoms with van der Waals surface area (Å²) >= 11 is 1.25. The minimum atomic E-state index is 0.506. The van der Waals surface area contributed by atoms with Crippen LogP contribution < -0.4 is 5.32 Å². The molecule has 0 aliphatic rings. The van der Waals surface area contributed by atoms with Gasteiger partial charge in [-0.05, 0) is 24.5 Å². The Labute approximate surface area is 104 Å². The number of nitrogens with zero attached hydrogens (tertiary/aromatic N) is 4. The highest BCUT2D eigenvalue weighted by Gasteiger charge is 2.10. The van der Waals surface area contributed by atoms with E-state index in [1.54, 1.807) is 6.20 Å². The number of hydrogen-bond acceptors (Lipinski definition) is 7. The topological polar surface area (TPSA) is 76.7 Å². The Morgan fingerprint density at radius 3 is 3.00 bits per heavy atom. The SMILES string of the molecule is CC(C)NCCCc1nnc(-c2cnns2)o1. The molecule has 0 saturated carbocycles. The molecule has 2 aromatic heterocycles. The van der Waals surface area contributed by atoms with Crippen LogP contribution in [-0.2, 0) is 6.42 Å². The largest absolute Gasteiger partial charge is 0.420 e. The van der Waals surface area contributed by atoms with Crippen LogP contribution in [0, 0.1) is 0 Å². The van der Waals surface area contributed by atoms with E-state index in [0.717, 1.165) is 24.3 Å². The lowest BCUT2D eigenvalue weighted by atomic mass is 10.3. The van der Waals surface area contributed by atoms with E-state index in [1.807, 2.05) is 0 Å². The van der Waals surface area contributed by atoms with Crippen molar-refractivity contribution in [2.24, 2.45) is 0 Å². The van der Waals surface area contributed by atoms with Gasteiger partial charge in [0, 0.05) is 12.5 Å². The lowest BCUT2D eigenvalue weighted by Gasteiger charge is -2.05. The molecule has 1 N–H and O–H groups in total. The van der Waals surface area contributed by atoms with Gasteiger partial charge < -0.3 is 9.73 Å². The molecule has 0 aliphatic heterocycles. The minimum absolute atomic E-state index is 0.506. The maximum absolute atomic E-state index is 5.52. The lowest BCUT2D eigenvalue weighted by Crippen LogP contribution is -2.23. The summed E-state index contributed by atoms with van der Waals surface area (Å²) < 4.78 is 9.27. The normalized spacial score (nSPS) is 11.2. The van der Waals surface area contributed by atoms with Crippen molar-refractivity contribution < 1.29 is 4.42 Å². The molecule has 92 valence electrons. The molecule has 0 bridgehead atoms.